The highest BCUT2D eigenvalue weighted by Crippen LogP contribution is 2.24. The molecule has 0 aliphatic rings. The molecule has 0 aliphatic carbocycles. The third-order valence-corrected chi connectivity index (χ3v) is 6.63. The number of carbonyl (C=O) groups excluding carboxylic acids is 1. The lowest BCUT2D eigenvalue weighted by molar-refractivity contribution is -0.115. The van der Waals surface area contributed by atoms with Crippen LogP contribution in [-0.2, 0) is 26.7 Å². The summed E-state index contributed by atoms with van der Waals surface area (Å²) < 4.78 is 32.5. The summed E-state index contributed by atoms with van der Waals surface area (Å²) in [7, 11) is -3.59. The maximum atomic E-state index is 12.2. The molecule has 7 nitrogen and oxygen atoms in total. The number of hydrogen-bond donors (Lipinski definition) is 2. The van der Waals surface area contributed by atoms with Gasteiger partial charge in [0.25, 0.3) is 10.0 Å². The number of thiophene rings is 1. The minimum atomic E-state index is -3.59. The van der Waals surface area contributed by atoms with Crippen molar-refractivity contribution < 1.29 is 17.7 Å². The van der Waals surface area contributed by atoms with E-state index in [1.165, 1.54) is 0 Å². The van der Waals surface area contributed by atoms with Gasteiger partial charge in [-0.15, -0.1) is 11.3 Å². The van der Waals surface area contributed by atoms with Crippen LogP contribution < -0.4 is 10.0 Å². The minimum Gasteiger partial charge on any atom is -0.359 e. The average molecular weight is 420 g/mol. The standard InChI is InChI=1S/C19H21N3O4S2/c1-19(2,3)15-12-16(21-26-15)20-17(23)11-13-6-8-14(9-7-13)22-28(24,25)18-5-4-10-27-18/h4-10,12,22H,11H2,1-3H3,(H,20,21,23). The van der Waals surface area contributed by atoms with Gasteiger partial charge in [-0.25, -0.2) is 8.42 Å². The third-order valence-electron chi connectivity index (χ3n) is 3.85. The maximum absolute atomic E-state index is 12.2. The molecule has 0 spiro atoms. The van der Waals surface area contributed by atoms with Crippen molar-refractivity contribution >= 4 is 38.8 Å². The van der Waals surface area contributed by atoms with Crippen LogP contribution in [0.5, 0.6) is 0 Å². The van der Waals surface area contributed by atoms with Crippen LogP contribution in [0.15, 0.2) is 56.6 Å². The van der Waals surface area contributed by atoms with Gasteiger partial charge in [-0.1, -0.05) is 44.1 Å². The number of nitrogens with zero attached hydrogens (tertiary/aromatic N) is 1. The number of hydrogen-bond acceptors (Lipinski definition) is 6. The quantitative estimate of drug-likeness (QED) is 0.628. The Morgan fingerprint density at radius 3 is 2.46 bits per heavy atom. The zero-order valence-corrected chi connectivity index (χ0v) is 17.4. The molecule has 28 heavy (non-hydrogen) atoms. The smallest absolute Gasteiger partial charge is 0.271 e. The van der Waals surface area contributed by atoms with Crippen LogP contribution >= 0.6 is 11.3 Å². The Kier molecular flexibility index (Phi) is 5.57. The predicted molar refractivity (Wildman–Crippen MR) is 109 cm³/mol. The molecule has 0 bridgehead atoms. The summed E-state index contributed by atoms with van der Waals surface area (Å²) in [5.74, 6) is 0.820. The highest BCUT2D eigenvalue weighted by Gasteiger charge is 2.20. The van der Waals surface area contributed by atoms with Crippen LogP contribution in [0, 0.1) is 0 Å². The summed E-state index contributed by atoms with van der Waals surface area (Å²) in [4.78, 5) is 12.2. The van der Waals surface area contributed by atoms with Gasteiger partial charge in [-0.05, 0) is 29.1 Å². The first-order chi connectivity index (χ1) is 13.1. The average Bonchev–Trinajstić information content (AvgIpc) is 3.27. The molecule has 2 heterocycles. The van der Waals surface area contributed by atoms with Crippen LogP contribution in [0.4, 0.5) is 11.5 Å². The maximum Gasteiger partial charge on any atom is 0.271 e. The van der Waals surface area contributed by atoms with E-state index in [0.717, 1.165) is 16.9 Å². The molecule has 1 amide bonds. The molecule has 3 rings (SSSR count). The molecular weight excluding hydrogens is 398 g/mol. The van der Waals surface area contributed by atoms with E-state index in [1.54, 1.807) is 47.8 Å². The van der Waals surface area contributed by atoms with Gasteiger partial charge in [0.15, 0.2) is 5.82 Å². The molecule has 2 N–H and O–H groups in total. The molecule has 0 unspecified atom stereocenters. The number of nitrogens with one attached hydrogen (secondary N) is 2. The Morgan fingerprint density at radius 1 is 1.18 bits per heavy atom. The summed E-state index contributed by atoms with van der Waals surface area (Å²) in [6.45, 7) is 5.98. The zero-order valence-electron chi connectivity index (χ0n) is 15.7. The molecule has 0 aliphatic heterocycles. The van der Waals surface area contributed by atoms with Crippen molar-refractivity contribution in [3.8, 4) is 0 Å². The minimum absolute atomic E-state index is 0.135. The van der Waals surface area contributed by atoms with Crippen molar-refractivity contribution in [2.24, 2.45) is 0 Å². The summed E-state index contributed by atoms with van der Waals surface area (Å²) >= 11 is 1.15. The number of aromatic nitrogens is 1. The largest absolute Gasteiger partial charge is 0.359 e. The Hall–Kier alpha value is -2.65. The molecule has 148 valence electrons. The van der Waals surface area contributed by atoms with E-state index in [4.69, 9.17) is 4.52 Å². The SMILES string of the molecule is CC(C)(C)c1cc(NC(=O)Cc2ccc(NS(=O)(=O)c3cccs3)cc2)no1. The molecule has 1 aromatic carbocycles. The van der Waals surface area contributed by atoms with Gasteiger partial charge in [0.1, 0.15) is 9.97 Å². The van der Waals surface area contributed by atoms with Crippen molar-refractivity contribution in [2.45, 2.75) is 36.8 Å². The summed E-state index contributed by atoms with van der Waals surface area (Å²) in [5.41, 5.74) is 0.988. The highest BCUT2D eigenvalue weighted by atomic mass is 32.2. The zero-order chi connectivity index (χ0) is 20.4. The van der Waals surface area contributed by atoms with Gasteiger partial charge in [-0.3, -0.25) is 9.52 Å². The second-order valence-electron chi connectivity index (χ2n) is 7.29. The predicted octanol–water partition coefficient (Wildman–Crippen LogP) is 4.02. The lowest BCUT2D eigenvalue weighted by Gasteiger charge is -2.12. The summed E-state index contributed by atoms with van der Waals surface area (Å²) in [6, 6.07) is 11.6. The van der Waals surface area contributed by atoms with E-state index in [0.29, 0.717) is 17.3 Å². The van der Waals surface area contributed by atoms with Gasteiger partial charge in [0.05, 0.1) is 6.42 Å². The van der Waals surface area contributed by atoms with Crippen LogP contribution in [0.3, 0.4) is 0 Å². The van der Waals surface area contributed by atoms with Gasteiger partial charge < -0.3 is 9.84 Å². The number of rotatable bonds is 6. The lowest BCUT2D eigenvalue weighted by Crippen LogP contribution is -2.15. The molecule has 0 atom stereocenters. The summed E-state index contributed by atoms with van der Waals surface area (Å²) in [5, 5.41) is 8.26. The number of benzene rings is 1. The highest BCUT2D eigenvalue weighted by molar-refractivity contribution is 7.94. The van der Waals surface area contributed by atoms with Crippen LogP contribution in [0.2, 0.25) is 0 Å². The normalized spacial score (nSPS) is 12.0. The fourth-order valence-corrected chi connectivity index (χ4v) is 4.42. The fraction of sp³-hybridized carbons (Fsp3) is 0.263. The van der Waals surface area contributed by atoms with E-state index in [-0.39, 0.29) is 22.0 Å². The summed E-state index contributed by atoms with van der Waals surface area (Å²) in [6.07, 6.45) is 0.135. The molecule has 0 saturated carbocycles. The third kappa shape index (κ3) is 4.99. The van der Waals surface area contributed by atoms with Crippen LogP contribution in [0.1, 0.15) is 32.1 Å². The van der Waals surface area contributed by atoms with Crippen LogP contribution in [0.25, 0.3) is 0 Å². The number of amides is 1. The Labute approximate surface area is 167 Å². The molecule has 0 saturated heterocycles. The van der Waals surface area contributed by atoms with Crippen molar-refractivity contribution in [2.75, 3.05) is 10.0 Å². The molecule has 3 aromatic rings. The lowest BCUT2D eigenvalue weighted by atomic mass is 9.93. The van der Waals surface area contributed by atoms with Gasteiger partial charge in [-0.2, -0.15) is 0 Å². The van der Waals surface area contributed by atoms with E-state index in [2.05, 4.69) is 15.2 Å². The number of carbonyl (C=O) groups is 1. The van der Waals surface area contributed by atoms with E-state index in [1.807, 2.05) is 20.8 Å². The first kappa shape index (κ1) is 20.1. The van der Waals surface area contributed by atoms with Crippen molar-refractivity contribution in [1.82, 2.24) is 5.16 Å². The van der Waals surface area contributed by atoms with Crippen molar-refractivity contribution in [1.29, 1.82) is 0 Å². The van der Waals surface area contributed by atoms with E-state index >= 15 is 0 Å². The fourth-order valence-electron chi connectivity index (χ4n) is 2.37. The Balaban J connectivity index is 1.59. The Morgan fingerprint density at radius 2 is 1.89 bits per heavy atom. The molecule has 9 heteroatoms. The van der Waals surface area contributed by atoms with Gasteiger partial charge in [0.2, 0.25) is 5.91 Å². The first-order valence-corrected chi connectivity index (χ1v) is 10.9. The van der Waals surface area contributed by atoms with Crippen molar-refractivity contribution in [3.63, 3.8) is 0 Å². The Bertz CT molecular complexity index is 1050. The van der Waals surface area contributed by atoms with Crippen molar-refractivity contribution in [3.05, 3.63) is 59.2 Å². The topological polar surface area (TPSA) is 101 Å². The van der Waals surface area contributed by atoms with Gasteiger partial charge >= 0.3 is 0 Å². The number of sulfonamides is 1. The second kappa shape index (κ2) is 7.76. The second-order valence-corrected chi connectivity index (χ2v) is 10.1. The molecular formula is C19H21N3O4S2. The van der Waals surface area contributed by atoms with Crippen LogP contribution in [-0.4, -0.2) is 19.5 Å². The van der Waals surface area contributed by atoms with E-state index < -0.39 is 10.0 Å². The monoisotopic (exact) mass is 419 g/mol. The number of anilines is 2. The molecule has 0 fully saturated rings. The first-order valence-electron chi connectivity index (χ1n) is 8.56. The molecule has 2 aromatic heterocycles. The molecule has 0 radical (unpaired) electrons. The van der Waals surface area contributed by atoms with Gasteiger partial charge in [0, 0.05) is 17.2 Å². The van der Waals surface area contributed by atoms with E-state index in [9.17, 15) is 13.2 Å².